The molecule has 0 heterocycles. The number of hydrogen-bond donors (Lipinski definition) is 3. The molecule has 0 amide bonds. The van der Waals surface area contributed by atoms with Gasteiger partial charge in [-0.1, -0.05) is 29.3 Å². The number of halogens is 1. The SMILES string of the molecule is CCCC(Br)C(O)(O)O. The molecule has 0 aliphatic carbocycles. The minimum absolute atomic E-state index is 0.531. The molecule has 0 aliphatic rings. The molecule has 9 heavy (non-hydrogen) atoms. The van der Waals surface area contributed by atoms with Crippen molar-refractivity contribution < 1.29 is 15.3 Å². The van der Waals surface area contributed by atoms with Gasteiger partial charge in [0.05, 0.1) is 4.83 Å². The lowest BCUT2D eigenvalue weighted by atomic mass is 10.2. The maximum Gasteiger partial charge on any atom is 0.288 e. The van der Waals surface area contributed by atoms with Crippen LogP contribution < -0.4 is 0 Å². The Balaban J connectivity index is 3.59. The van der Waals surface area contributed by atoms with Gasteiger partial charge in [-0.05, 0) is 6.42 Å². The van der Waals surface area contributed by atoms with Crippen LogP contribution in [0.4, 0.5) is 0 Å². The van der Waals surface area contributed by atoms with E-state index in [0.29, 0.717) is 6.42 Å². The van der Waals surface area contributed by atoms with Gasteiger partial charge in [0.1, 0.15) is 0 Å². The normalized spacial score (nSPS) is 15.7. The zero-order valence-electron chi connectivity index (χ0n) is 5.21. The van der Waals surface area contributed by atoms with Crippen molar-refractivity contribution in [1.29, 1.82) is 0 Å². The molecule has 0 aromatic heterocycles. The van der Waals surface area contributed by atoms with Crippen molar-refractivity contribution in [2.75, 3.05) is 0 Å². The maximum absolute atomic E-state index is 8.48. The third kappa shape index (κ3) is 3.86. The largest absolute Gasteiger partial charge is 0.343 e. The summed E-state index contributed by atoms with van der Waals surface area (Å²) < 4.78 is 0. The molecule has 0 rings (SSSR count). The number of hydrogen-bond acceptors (Lipinski definition) is 3. The van der Waals surface area contributed by atoms with E-state index in [4.69, 9.17) is 15.3 Å². The van der Waals surface area contributed by atoms with Crippen LogP contribution in [0.25, 0.3) is 0 Å². The molecular formula is C5H11BrO3. The summed E-state index contributed by atoms with van der Waals surface area (Å²) in [5, 5.41) is 25.4. The molecule has 0 saturated heterocycles. The Labute approximate surface area is 62.4 Å². The summed E-state index contributed by atoms with van der Waals surface area (Å²) in [6.07, 6.45) is 1.32. The zero-order valence-corrected chi connectivity index (χ0v) is 6.80. The van der Waals surface area contributed by atoms with Gasteiger partial charge in [-0.2, -0.15) is 0 Å². The van der Waals surface area contributed by atoms with Gasteiger partial charge in [0.15, 0.2) is 0 Å². The van der Waals surface area contributed by atoms with Gasteiger partial charge in [-0.3, -0.25) is 0 Å². The molecule has 0 radical (unpaired) electrons. The van der Waals surface area contributed by atoms with Gasteiger partial charge in [-0.25, -0.2) is 0 Å². The quantitative estimate of drug-likeness (QED) is 0.448. The van der Waals surface area contributed by atoms with E-state index in [2.05, 4.69) is 15.9 Å². The van der Waals surface area contributed by atoms with Crippen LogP contribution >= 0.6 is 15.9 Å². The van der Waals surface area contributed by atoms with Gasteiger partial charge < -0.3 is 15.3 Å². The Morgan fingerprint density at radius 1 is 1.44 bits per heavy atom. The second kappa shape index (κ2) is 3.51. The summed E-state index contributed by atoms with van der Waals surface area (Å²) in [6.45, 7) is 1.89. The summed E-state index contributed by atoms with van der Waals surface area (Å²) in [6, 6.07) is 0. The van der Waals surface area contributed by atoms with E-state index in [0.717, 1.165) is 6.42 Å². The molecule has 0 bridgehead atoms. The number of alkyl halides is 1. The lowest BCUT2D eigenvalue weighted by Gasteiger charge is -2.19. The summed E-state index contributed by atoms with van der Waals surface area (Å²) >= 11 is 2.91. The molecule has 0 aromatic carbocycles. The van der Waals surface area contributed by atoms with Crippen molar-refractivity contribution in [2.24, 2.45) is 0 Å². The minimum atomic E-state index is -2.57. The van der Waals surface area contributed by atoms with Crippen LogP contribution in [-0.2, 0) is 0 Å². The van der Waals surface area contributed by atoms with E-state index in [1.54, 1.807) is 0 Å². The summed E-state index contributed by atoms with van der Waals surface area (Å²) in [7, 11) is 0. The topological polar surface area (TPSA) is 60.7 Å². The molecule has 3 nitrogen and oxygen atoms in total. The molecular weight excluding hydrogens is 188 g/mol. The molecule has 56 valence electrons. The molecule has 0 aromatic rings. The number of rotatable bonds is 3. The summed E-state index contributed by atoms with van der Waals surface area (Å²) in [5.41, 5.74) is 0. The van der Waals surface area contributed by atoms with Crippen molar-refractivity contribution in [1.82, 2.24) is 0 Å². The fourth-order valence-corrected chi connectivity index (χ4v) is 0.905. The summed E-state index contributed by atoms with van der Waals surface area (Å²) in [5.74, 6) is -2.57. The van der Waals surface area contributed by atoms with E-state index >= 15 is 0 Å². The van der Waals surface area contributed by atoms with Gasteiger partial charge in [0.2, 0.25) is 0 Å². The van der Waals surface area contributed by atoms with Crippen LogP contribution in [0.15, 0.2) is 0 Å². The zero-order chi connectivity index (χ0) is 7.49. The third-order valence-electron chi connectivity index (χ3n) is 0.962. The van der Waals surface area contributed by atoms with Gasteiger partial charge in [-0.15, -0.1) is 0 Å². The average Bonchev–Trinajstić information content (AvgIpc) is 1.64. The van der Waals surface area contributed by atoms with E-state index in [-0.39, 0.29) is 0 Å². The van der Waals surface area contributed by atoms with E-state index in [1.807, 2.05) is 6.92 Å². The first-order valence-electron chi connectivity index (χ1n) is 2.79. The fourth-order valence-electron chi connectivity index (χ4n) is 0.447. The van der Waals surface area contributed by atoms with Crippen molar-refractivity contribution in [3.63, 3.8) is 0 Å². The van der Waals surface area contributed by atoms with Crippen LogP contribution in [0.3, 0.4) is 0 Å². The van der Waals surface area contributed by atoms with E-state index in [1.165, 1.54) is 0 Å². The van der Waals surface area contributed by atoms with Crippen molar-refractivity contribution >= 4 is 15.9 Å². The molecule has 4 heteroatoms. The van der Waals surface area contributed by atoms with Gasteiger partial charge in [0, 0.05) is 0 Å². The Morgan fingerprint density at radius 3 is 2.00 bits per heavy atom. The maximum atomic E-state index is 8.48. The van der Waals surface area contributed by atoms with Crippen LogP contribution in [0.5, 0.6) is 0 Å². The first-order chi connectivity index (χ1) is 3.98. The Hall–Kier alpha value is 0.360. The van der Waals surface area contributed by atoms with Crippen LogP contribution in [0.1, 0.15) is 19.8 Å². The average molecular weight is 199 g/mol. The fraction of sp³-hybridized carbons (Fsp3) is 1.00. The molecule has 0 fully saturated rings. The van der Waals surface area contributed by atoms with Crippen molar-refractivity contribution in [3.8, 4) is 0 Å². The molecule has 0 saturated carbocycles. The Bertz CT molecular complexity index is 78.8. The van der Waals surface area contributed by atoms with Crippen molar-refractivity contribution in [3.05, 3.63) is 0 Å². The molecule has 1 atom stereocenters. The highest BCUT2D eigenvalue weighted by atomic mass is 79.9. The predicted molar refractivity (Wildman–Crippen MR) is 37.0 cm³/mol. The van der Waals surface area contributed by atoms with Crippen LogP contribution in [-0.4, -0.2) is 26.1 Å². The first kappa shape index (κ1) is 9.36. The predicted octanol–water partition coefficient (Wildman–Crippen LogP) is 0.181. The van der Waals surface area contributed by atoms with Gasteiger partial charge in [0.25, 0.3) is 5.97 Å². The van der Waals surface area contributed by atoms with Gasteiger partial charge >= 0.3 is 0 Å². The lowest BCUT2D eigenvalue weighted by Crippen LogP contribution is -2.37. The van der Waals surface area contributed by atoms with Crippen molar-refractivity contribution in [2.45, 2.75) is 30.6 Å². The van der Waals surface area contributed by atoms with Crippen LogP contribution in [0, 0.1) is 0 Å². The lowest BCUT2D eigenvalue weighted by molar-refractivity contribution is -0.309. The molecule has 0 aliphatic heterocycles. The van der Waals surface area contributed by atoms with E-state index in [9.17, 15) is 0 Å². The second-order valence-corrected chi connectivity index (χ2v) is 3.05. The highest BCUT2D eigenvalue weighted by Gasteiger charge is 2.28. The second-order valence-electron chi connectivity index (χ2n) is 1.94. The van der Waals surface area contributed by atoms with Crippen LogP contribution in [0.2, 0.25) is 0 Å². The van der Waals surface area contributed by atoms with E-state index < -0.39 is 10.8 Å². The Kier molecular flexibility index (Phi) is 3.65. The standard InChI is InChI=1S/C5H11BrO3/c1-2-3-4(6)5(7,8)9/h4,7-9H,2-3H2,1H3. The Morgan fingerprint density at radius 2 is 1.89 bits per heavy atom. The third-order valence-corrected chi connectivity index (χ3v) is 2.03. The monoisotopic (exact) mass is 198 g/mol. The molecule has 3 N–H and O–H groups in total. The smallest absolute Gasteiger partial charge is 0.288 e. The highest BCUT2D eigenvalue weighted by molar-refractivity contribution is 9.09. The molecule has 0 spiro atoms. The molecule has 1 unspecified atom stereocenters. The highest BCUT2D eigenvalue weighted by Crippen LogP contribution is 2.17. The minimum Gasteiger partial charge on any atom is -0.343 e. The summed E-state index contributed by atoms with van der Waals surface area (Å²) in [4.78, 5) is -0.657. The first-order valence-corrected chi connectivity index (χ1v) is 3.71. The number of aliphatic hydroxyl groups is 3.